The lowest BCUT2D eigenvalue weighted by Crippen LogP contribution is -2.44. The number of carbonyl (C=O) groups is 1. The highest BCUT2D eigenvalue weighted by Gasteiger charge is 2.31. The van der Waals surface area contributed by atoms with Crippen molar-refractivity contribution in [2.45, 2.75) is 25.8 Å². The highest BCUT2D eigenvalue weighted by atomic mass is 16.5. The molecule has 1 aliphatic carbocycles. The molecular weight excluding hydrogens is 320 g/mol. The molecule has 1 heterocycles. The third kappa shape index (κ3) is 4.64. The maximum absolute atomic E-state index is 12.1. The SMILES string of the molecule is CCOc1ccc(C(CNC(=O)C2CC2)N2CCOCC2)cc1OC. The number of hydrogen-bond donors (Lipinski definition) is 1. The molecule has 25 heavy (non-hydrogen) atoms. The van der Waals surface area contributed by atoms with Crippen LogP contribution in [0.2, 0.25) is 0 Å². The van der Waals surface area contributed by atoms with Gasteiger partial charge in [0.1, 0.15) is 0 Å². The summed E-state index contributed by atoms with van der Waals surface area (Å²) in [5.41, 5.74) is 1.12. The summed E-state index contributed by atoms with van der Waals surface area (Å²) in [6.07, 6.45) is 2.04. The number of hydrogen-bond acceptors (Lipinski definition) is 5. The maximum Gasteiger partial charge on any atom is 0.223 e. The van der Waals surface area contributed by atoms with Crippen molar-refractivity contribution in [2.24, 2.45) is 5.92 Å². The van der Waals surface area contributed by atoms with E-state index in [0.717, 1.165) is 56.2 Å². The van der Waals surface area contributed by atoms with E-state index in [1.165, 1.54) is 0 Å². The van der Waals surface area contributed by atoms with Gasteiger partial charge in [0, 0.05) is 25.6 Å². The second kappa shape index (κ2) is 8.54. The Balaban J connectivity index is 1.77. The van der Waals surface area contributed by atoms with Crippen LogP contribution < -0.4 is 14.8 Å². The highest BCUT2D eigenvalue weighted by Crippen LogP contribution is 2.33. The first-order chi connectivity index (χ1) is 12.2. The van der Waals surface area contributed by atoms with Crippen LogP contribution in [-0.4, -0.2) is 57.4 Å². The zero-order valence-corrected chi connectivity index (χ0v) is 15.1. The Morgan fingerprint density at radius 3 is 2.72 bits per heavy atom. The van der Waals surface area contributed by atoms with Gasteiger partial charge in [0.2, 0.25) is 5.91 Å². The summed E-state index contributed by atoms with van der Waals surface area (Å²) in [5, 5.41) is 3.12. The zero-order valence-electron chi connectivity index (χ0n) is 15.1. The third-order valence-electron chi connectivity index (χ3n) is 4.78. The second-order valence-electron chi connectivity index (χ2n) is 6.53. The molecule has 0 radical (unpaired) electrons. The molecule has 6 nitrogen and oxygen atoms in total. The van der Waals surface area contributed by atoms with Gasteiger partial charge in [-0.15, -0.1) is 0 Å². The molecule has 2 aliphatic rings. The summed E-state index contributed by atoms with van der Waals surface area (Å²) in [6, 6.07) is 6.15. The topological polar surface area (TPSA) is 60.0 Å². The van der Waals surface area contributed by atoms with E-state index in [0.29, 0.717) is 13.2 Å². The van der Waals surface area contributed by atoms with Crippen molar-refractivity contribution in [1.82, 2.24) is 10.2 Å². The number of methoxy groups -OCH3 is 1. The van der Waals surface area contributed by atoms with E-state index in [1.54, 1.807) is 7.11 Å². The number of nitrogens with zero attached hydrogens (tertiary/aromatic N) is 1. The largest absolute Gasteiger partial charge is 0.493 e. The van der Waals surface area contributed by atoms with Crippen molar-refractivity contribution in [3.63, 3.8) is 0 Å². The van der Waals surface area contributed by atoms with E-state index in [2.05, 4.69) is 16.3 Å². The predicted octanol–water partition coefficient (Wildman–Crippen LogP) is 1.99. The number of ether oxygens (including phenoxy) is 3. The normalized spacial score (nSPS) is 19.3. The van der Waals surface area contributed by atoms with Crippen molar-refractivity contribution in [3.8, 4) is 11.5 Å². The quantitative estimate of drug-likeness (QED) is 0.779. The van der Waals surface area contributed by atoms with Crippen LogP contribution in [0.5, 0.6) is 11.5 Å². The molecule has 1 unspecified atom stereocenters. The Labute approximate surface area is 149 Å². The van der Waals surface area contributed by atoms with E-state index in [-0.39, 0.29) is 17.9 Å². The molecule has 6 heteroatoms. The molecule has 3 rings (SSSR count). The molecule has 1 N–H and O–H groups in total. The summed E-state index contributed by atoms with van der Waals surface area (Å²) in [6.45, 7) is 6.32. The molecule has 1 atom stereocenters. The van der Waals surface area contributed by atoms with Gasteiger partial charge in [-0.2, -0.15) is 0 Å². The van der Waals surface area contributed by atoms with Crippen molar-refractivity contribution >= 4 is 5.91 Å². The smallest absolute Gasteiger partial charge is 0.223 e. The van der Waals surface area contributed by atoms with Crippen molar-refractivity contribution in [2.75, 3.05) is 46.6 Å². The van der Waals surface area contributed by atoms with E-state index >= 15 is 0 Å². The minimum atomic E-state index is 0.108. The van der Waals surface area contributed by atoms with Crippen molar-refractivity contribution < 1.29 is 19.0 Å². The second-order valence-corrected chi connectivity index (χ2v) is 6.53. The number of amides is 1. The molecule has 138 valence electrons. The summed E-state index contributed by atoms with van der Waals surface area (Å²) in [4.78, 5) is 14.5. The van der Waals surface area contributed by atoms with Gasteiger partial charge in [0.15, 0.2) is 11.5 Å². The maximum atomic E-state index is 12.1. The lowest BCUT2D eigenvalue weighted by molar-refractivity contribution is -0.122. The number of rotatable bonds is 8. The van der Waals surface area contributed by atoms with Gasteiger partial charge in [-0.1, -0.05) is 6.07 Å². The molecule has 1 amide bonds. The minimum absolute atomic E-state index is 0.108. The van der Waals surface area contributed by atoms with Crippen LogP contribution in [0.3, 0.4) is 0 Å². The first-order valence-corrected chi connectivity index (χ1v) is 9.13. The Morgan fingerprint density at radius 2 is 2.08 bits per heavy atom. The predicted molar refractivity (Wildman–Crippen MR) is 95.0 cm³/mol. The first kappa shape index (κ1) is 18.0. The lowest BCUT2D eigenvalue weighted by Gasteiger charge is -2.35. The van der Waals surface area contributed by atoms with Crippen molar-refractivity contribution in [3.05, 3.63) is 23.8 Å². The average Bonchev–Trinajstić information content (AvgIpc) is 3.49. The molecule has 2 fully saturated rings. The van der Waals surface area contributed by atoms with E-state index in [1.807, 2.05) is 19.1 Å². The molecule has 0 spiro atoms. The van der Waals surface area contributed by atoms with Gasteiger partial charge in [-0.25, -0.2) is 0 Å². The third-order valence-corrected chi connectivity index (χ3v) is 4.78. The number of morpholine rings is 1. The molecule has 0 bridgehead atoms. The molecule has 1 aromatic carbocycles. The first-order valence-electron chi connectivity index (χ1n) is 9.13. The molecule has 1 saturated carbocycles. The molecule has 0 aromatic heterocycles. The molecular formula is C19H28N2O4. The summed E-state index contributed by atoms with van der Waals surface area (Å²) in [7, 11) is 1.65. The van der Waals surface area contributed by atoms with Gasteiger partial charge in [-0.3, -0.25) is 9.69 Å². The summed E-state index contributed by atoms with van der Waals surface area (Å²) >= 11 is 0. The Hall–Kier alpha value is -1.79. The Morgan fingerprint density at radius 1 is 1.32 bits per heavy atom. The monoisotopic (exact) mass is 348 g/mol. The average molecular weight is 348 g/mol. The van der Waals surface area contributed by atoms with Crippen LogP contribution in [0.4, 0.5) is 0 Å². The Bertz CT molecular complexity index is 583. The fourth-order valence-corrected chi connectivity index (χ4v) is 3.20. The molecule has 1 saturated heterocycles. The van der Waals surface area contributed by atoms with Gasteiger partial charge < -0.3 is 19.5 Å². The fourth-order valence-electron chi connectivity index (χ4n) is 3.20. The Kier molecular flexibility index (Phi) is 6.15. The van der Waals surface area contributed by atoms with Crippen LogP contribution in [0, 0.1) is 5.92 Å². The van der Waals surface area contributed by atoms with Crippen LogP contribution in [0.1, 0.15) is 31.4 Å². The minimum Gasteiger partial charge on any atom is -0.493 e. The van der Waals surface area contributed by atoms with Crippen LogP contribution >= 0.6 is 0 Å². The van der Waals surface area contributed by atoms with E-state index < -0.39 is 0 Å². The van der Waals surface area contributed by atoms with Crippen LogP contribution in [-0.2, 0) is 9.53 Å². The zero-order chi connectivity index (χ0) is 17.6. The van der Waals surface area contributed by atoms with Crippen molar-refractivity contribution in [1.29, 1.82) is 0 Å². The highest BCUT2D eigenvalue weighted by molar-refractivity contribution is 5.80. The van der Waals surface area contributed by atoms with Gasteiger partial charge in [0.05, 0.1) is 33.0 Å². The lowest BCUT2D eigenvalue weighted by atomic mass is 10.0. The number of benzene rings is 1. The van der Waals surface area contributed by atoms with E-state index in [9.17, 15) is 4.79 Å². The standard InChI is InChI=1S/C19H28N2O4/c1-3-25-17-7-6-15(12-18(17)23-2)16(21-8-10-24-11-9-21)13-20-19(22)14-4-5-14/h6-7,12,14,16H,3-5,8-11,13H2,1-2H3,(H,20,22). The van der Waals surface area contributed by atoms with Gasteiger partial charge in [0.25, 0.3) is 0 Å². The van der Waals surface area contributed by atoms with Gasteiger partial charge >= 0.3 is 0 Å². The van der Waals surface area contributed by atoms with Crippen LogP contribution in [0.25, 0.3) is 0 Å². The van der Waals surface area contributed by atoms with Crippen LogP contribution in [0.15, 0.2) is 18.2 Å². The van der Waals surface area contributed by atoms with Gasteiger partial charge in [-0.05, 0) is 37.5 Å². The summed E-state index contributed by atoms with van der Waals surface area (Å²) in [5.74, 6) is 1.87. The van der Waals surface area contributed by atoms with E-state index in [4.69, 9.17) is 14.2 Å². The number of carbonyl (C=O) groups excluding carboxylic acids is 1. The molecule has 1 aliphatic heterocycles. The molecule has 1 aromatic rings. The summed E-state index contributed by atoms with van der Waals surface area (Å²) < 4.78 is 16.6. The fraction of sp³-hybridized carbons (Fsp3) is 0.632. The number of nitrogens with one attached hydrogen (secondary N) is 1.